The van der Waals surface area contributed by atoms with Crippen LogP contribution in [0.25, 0.3) is 0 Å². The van der Waals surface area contributed by atoms with Crippen LogP contribution in [0.2, 0.25) is 0 Å². The van der Waals surface area contributed by atoms with Gasteiger partial charge in [0.1, 0.15) is 0 Å². The van der Waals surface area contributed by atoms with Gasteiger partial charge in [-0.2, -0.15) is 0 Å². The van der Waals surface area contributed by atoms with Crippen LogP contribution in [0.15, 0.2) is 15.0 Å². The largest absolute Gasteiger partial charge is 0.494 e. The van der Waals surface area contributed by atoms with Crippen molar-refractivity contribution in [1.82, 2.24) is 4.98 Å². The van der Waals surface area contributed by atoms with Crippen molar-refractivity contribution in [2.45, 2.75) is 0 Å². The molecular formula is C4H3NO3S. The molecule has 0 unspecified atom stereocenters. The summed E-state index contributed by atoms with van der Waals surface area (Å²) in [5.41, 5.74) is -0.778. The number of nitrogens with one attached hydrogen (secondary N) is 1. The van der Waals surface area contributed by atoms with Crippen LogP contribution in [-0.2, 0) is 0 Å². The fourth-order valence-electron chi connectivity index (χ4n) is 0.360. The minimum absolute atomic E-state index is 0.274. The van der Waals surface area contributed by atoms with Crippen molar-refractivity contribution >= 4 is 11.3 Å². The van der Waals surface area contributed by atoms with Gasteiger partial charge in [-0.05, 0) is 0 Å². The lowest BCUT2D eigenvalue weighted by Crippen LogP contribution is -2.22. The summed E-state index contributed by atoms with van der Waals surface area (Å²) in [6.45, 7) is 0. The molecule has 0 amide bonds. The van der Waals surface area contributed by atoms with Gasteiger partial charge in [-0.3, -0.25) is 14.6 Å². The van der Waals surface area contributed by atoms with Crippen molar-refractivity contribution in [3.05, 3.63) is 25.3 Å². The van der Waals surface area contributed by atoms with Crippen LogP contribution in [0.1, 0.15) is 0 Å². The summed E-state index contributed by atoms with van der Waals surface area (Å²) in [4.78, 5) is 22.6. The monoisotopic (exact) mass is 145 g/mol. The second kappa shape index (κ2) is 2.02. The average molecular weight is 145 g/mol. The number of aromatic amines is 1. The number of rotatable bonds is 0. The zero-order valence-electron chi connectivity index (χ0n) is 4.25. The minimum Gasteiger partial charge on any atom is -0.494 e. The maximum Gasteiger partial charge on any atom is 0.309 e. The van der Waals surface area contributed by atoms with Crippen molar-refractivity contribution in [2.24, 2.45) is 0 Å². The molecule has 4 nitrogen and oxygen atoms in total. The van der Waals surface area contributed by atoms with Crippen LogP contribution in [-0.4, -0.2) is 10.1 Å². The zero-order valence-corrected chi connectivity index (χ0v) is 5.07. The Bertz CT molecular complexity index is 312. The van der Waals surface area contributed by atoms with Crippen molar-refractivity contribution in [3.63, 3.8) is 0 Å². The van der Waals surface area contributed by atoms with E-state index < -0.39 is 10.3 Å². The molecule has 0 bridgehead atoms. The Morgan fingerprint density at radius 2 is 2.22 bits per heavy atom. The topological polar surface area (TPSA) is 70.2 Å². The molecule has 5 heteroatoms. The molecule has 48 valence electrons. The van der Waals surface area contributed by atoms with Crippen molar-refractivity contribution in [1.29, 1.82) is 0 Å². The molecule has 0 radical (unpaired) electrons. The molecule has 1 aromatic heterocycles. The summed E-state index contributed by atoms with van der Waals surface area (Å²) < 4.78 is -0.604. The molecule has 0 saturated heterocycles. The third kappa shape index (κ3) is 1.17. The van der Waals surface area contributed by atoms with E-state index in [1.54, 1.807) is 0 Å². The van der Waals surface area contributed by atoms with Crippen LogP contribution in [0.3, 0.4) is 0 Å². The maximum absolute atomic E-state index is 10.3. The lowest BCUT2D eigenvalue weighted by atomic mass is 10.8. The van der Waals surface area contributed by atoms with Gasteiger partial charge in [0.25, 0.3) is 4.74 Å². The molecular weight excluding hydrogens is 142 g/mol. The van der Waals surface area contributed by atoms with Gasteiger partial charge in [0.05, 0.1) is 5.38 Å². The van der Waals surface area contributed by atoms with Crippen LogP contribution < -0.4 is 10.3 Å². The first kappa shape index (κ1) is 6.03. The Balaban J connectivity index is 3.53. The van der Waals surface area contributed by atoms with Crippen LogP contribution in [0.4, 0.5) is 0 Å². The average Bonchev–Trinajstić information content (AvgIpc) is 1.80. The molecule has 9 heavy (non-hydrogen) atoms. The van der Waals surface area contributed by atoms with E-state index in [0.717, 1.165) is 0 Å². The molecule has 0 atom stereocenters. The SMILES string of the molecule is O=c1[nH]c(O)csc1=O. The Morgan fingerprint density at radius 1 is 1.56 bits per heavy atom. The number of hydrogen-bond donors (Lipinski definition) is 2. The second-order valence-corrected chi connectivity index (χ2v) is 2.20. The van der Waals surface area contributed by atoms with E-state index in [4.69, 9.17) is 5.11 Å². The highest BCUT2D eigenvalue weighted by Gasteiger charge is 1.92. The highest BCUT2D eigenvalue weighted by atomic mass is 32.1. The smallest absolute Gasteiger partial charge is 0.309 e. The zero-order chi connectivity index (χ0) is 6.85. The van der Waals surface area contributed by atoms with Crippen molar-refractivity contribution in [2.75, 3.05) is 0 Å². The first-order valence-corrected chi connectivity index (χ1v) is 2.99. The third-order valence-corrected chi connectivity index (χ3v) is 1.45. The third-order valence-electron chi connectivity index (χ3n) is 0.705. The normalized spacial score (nSPS) is 9.33. The molecule has 1 aromatic rings. The first-order valence-electron chi connectivity index (χ1n) is 2.11. The summed E-state index contributed by atoms with van der Waals surface area (Å²) in [6, 6.07) is 0. The predicted molar refractivity (Wildman–Crippen MR) is 32.9 cm³/mol. The van der Waals surface area contributed by atoms with E-state index in [1.165, 1.54) is 5.38 Å². The van der Waals surface area contributed by atoms with Gasteiger partial charge in [0.2, 0.25) is 5.88 Å². The molecule has 0 aromatic carbocycles. The standard InChI is InChI=1S/C4H3NO3S/c6-2-1-9-4(8)3(7)5-2/h1,6H,(H,5,7). The van der Waals surface area contributed by atoms with Crippen LogP contribution in [0, 0.1) is 0 Å². The van der Waals surface area contributed by atoms with E-state index in [-0.39, 0.29) is 5.88 Å². The fraction of sp³-hybridized carbons (Fsp3) is 0. The van der Waals surface area contributed by atoms with Crippen LogP contribution in [0.5, 0.6) is 5.88 Å². The number of H-pyrrole nitrogens is 1. The van der Waals surface area contributed by atoms with Gasteiger partial charge in [-0.25, -0.2) is 0 Å². The summed E-state index contributed by atoms with van der Waals surface area (Å²) >= 11 is 0.671. The van der Waals surface area contributed by atoms with Crippen LogP contribution >= 0.6 is 11.3 Å². The maximum atomic E-state index is 10.3. The Hall–Kier alpha value is -1.10. The quantitative estimate of drug-likeness (QED) is 0.483. The molecule has 0 aliphatic rings. The molecule has 1 heterocycles. The number of hydrogen-bond acceptors (Lipinski definition) is 4. The van der Waals surface area contributed by atoms with E-state index in [9.17, 15) is 9.59 Å². The van der Waals surface area contributed by atoms with E-state index in [0.29, 0.717) is 11.3 Å². The lowest BCUT2D eigenvalue weighted by molar-refractivity contribution is 0.453. The fourth-order valence-corrected chi connectivity index (χ4v) is 0.795. The van der Waals surface area contributed by atoms with E-state index in [2.05, 4.69) is 0 Å². The Morgan fingerprint density at radius 3 is 2.67 bits per heavy atom. The molecule has 0 fully saturated rings. The second-order valence-electron chi connectivity index (χ2n) is 1.36. The number of aromatic hydroxyl groups is 1. The van der Waals surface area contributed by atoms with E-state index >= 15 is 0 Å². The molecule has 1 rings (SSSR count). The Kier molecular flexibility index (Phi) is 1.35. The molecule has 0 spiro atoms. The van der Waals surface area contributed by atoms with Gasteiger partial charge in [0.15, 0.2) is 0 Å². The van der Waals surface area contributed by atoms with Gasteiger partial charge < -0.3 is 5.11 Å². The van der Waals surface area contributed by atoms with Gasteiger partial charge in [-0.15, -0.1) is 0 Å². The highest BCUT2D eigenvalue weighted by Crippen LogP contribution is 1.96. The summed E-state index contributed by atoms with van der Waals surface area (Å²) in [5, 5.41) is 9.72. The highest BCUT2D eigenvalue weighted by molar-refractivity contribution is 7.07. The minimum atomic E-state index is -0.778. The molecule has 0 saturated carbocycles. The molecule has 0 aliphatic carbocycles. The van der Waals surface area contributed by atoms with Gasteiger partial charge in [0, 0.05) is 0 Å². The van der Waals surface area contributed by atoms with Crippen molar-refractivity contribution < 1.29 is 5.11 Å². The summed E-state index contributed by atoms with van der Waals surface area (Å²) in [6.07, 6.45) is 0. The lowest BCUT2D eigenvalue weighted by Gasteiger charge is -1.82. The summed E-state index contributed by atoms with van der Waals surface area (Å²) in [5.74, 6) is -0.274. The first-order chi connectivity index (χ1) is 4.20. The van der Waals surface area contributed by atoms with Gasteiger partial charge >= 0.3 is 5.56 Å². The van der Waals surface area contributed by atoms with Gasteiger partial charge in [-0.1, -0.05) is 11.3 Å². The summed E-state index contributed by atoms with van der Waals surface area (Å²) in [7, 11) is 0. The van der Waals surface area contributed by atoms with Crippen molar-refractivity contribution in [3.8, 4) is 5.88 Å². The molecule has 2 N–H and O–H groups in total. The van der Waals surface area contributed by atoms with E-state index in [1.807, 2.05) is 4.98 Å². The Labute approximate surface area is 53.4 Å². The number of aromatic nitrogens is 1. The predicted octanol–water partition coefficient (Wildman–Crippen LogP) is -0.498. The molecule has 0 aliphatic heterocycles.